The second kappa shape index (κ2) is 9.15. The third-order valence-corrected chi connectivity index (χ3v) is 4.79. The lowest BCUT2D eigenvalue weighted by molar-refractivity contribution is -0.138. The molecule has 0 N–H and O–H groups in total. The number of para-hydroxylation sites is 1. The largest absolute Gasteiger partial charge is 0.465 e. The highest BCUT2D eigenvalue weighted by atomic mass is 16.5. The average Bonchev–Trinajstić information content (AvgIpc) is 3.64. The molecule has 5 aromatic rings. The average molecular weight is 438 g/mol. The van der Waals surface area contributed by atoms with Gasteiger partial charge in [-0.1, -0.05) is 48.5 Å². The Kier molecular flexibility index (Phi) is 5.58. The molecule has 0 spiro atoms. The molecule has 0 amide bonds. The first-order valence-electron chi connectivity index (χ1n) is 10.1. The molecule has 2 aromatic carbocycles. The van der Waals surface area contributed by atoms with Crippen molar-refractivity contribution in [2.24, 2.45) is 0 Å². The van der Waals surface area contributed by atoms with E-state index >= 15 is 0 Å². The molecule has 9 heteroatoms. The summed E-state index contributed by atoms with van der Waals surface area (Å²) < 4.78 is 14.0. The Hall–Kier alpha value is -4.79. The van der Waals surface area contributed by atoms with Crippen molar-refractivity contribution in [3.63, 3.8) is 0 Å². The van der Waals surface area contributed by atoms with Crippen molar-refractivity contribution >= 4 is 17.7 Å². The van der Waals surface area contributed by atoms with Gasteiger partial charge in [0, 0.05) is 23.4 Å². The van der Waals surface area contributed by atoms with Gasteiger partial charge in [-0.3, -0.25) is 0 Å². The van der Waals surface area contributed by atoms with Gasteiger partial charge in [-0.2, -0.15) is 9.78 Å². The van der Waals surface area contributed by atoms with Crippen molar-refractivity contribution in [2.45, 2.75) is 6.61 Å². The number of carbonyl (C=O) groups excluding carboxylic acids is 1. The van der Waals surface area contributed by atoms with E-state index in [4.69, 9.17) is 9.15 Å². The fraction of sp³-hybridized carbons (Fsp3) is 0.0417. The topological polar surface area (TPSA) is 101 Å². The van der Waals surface area contributed by atoms with Gasteiger partial charge in [0.15, 0.2) is 11.5 Å². The van der Waals surface area contributed by atoms with E-state index in [-0.39, 0.29) is 12.3 Å². The highest BCUT2D eigenvalue weighted by Gasteiger charge is 2.21. The number of aromatic nitrogens is 6. The second-order valence-corrected chi connectivity index (χ2v) is 7.03. The molecule has 0 radical (unpaired) electrons. The number of tetrazole rings is 1. The Morgan fingerprint density at radius 1 is 1.00 bits per heavy atom. The third kappa shape index (κ3) is 4.47. The molecule has 0 fully saturated rings. The molecule has 5 rings (SSSR count). The Morgan fingerprint density at radius 2 is 1.79 bits per heavy atom. The van der Waals surface area contributed by atoms with Crippen LogP contribution in [0.3, 0.4) is 0 Å². The first-order chi connectivity index (χ1) is 16.3. The molecule has 0 saturated carbocycles. The van der Waals surface area contributed by atoms with Crippen molar-refractivity contribution < 1.29 is 13.9 Å². The van der Waals surface area contributed by atoms with E-state index in [1.54, 1.807) is 29.1 Å². The zero-order valence-electron chi connectivity index (χ0n) is 17.4. The van der Waals surface area contributed by atoms with Crippen LogP contribution in [-0.4, -0.2) is 36.0 Å². The van der Waals surface area contributed by atoms with Crippen LogP contribution in [0.2, 0.25) is 0 Å². The van der Waals surface area contributed by atoms with Crippen molar-refractivity contribution in [1.29, 1.82) is 0 Å². The molecular formula is C24H18N6O3. The Balaban J connectivity index is 1.40. The monoisotopic (exact) mass is 438 g/mol. The summed E-state index contributed by atoms with van der Waals surface area (Å²) in [6.45, 7) is 0.0317. The van der Waals surface area contributed by atoms with Gasteiger partial charge in [0.05, 0.1) is 18.1 Å². The second-order valence-electron chi connectivity index (χ2n) is 7.03. The summed E-state index contributed by atoms with van der Waals surface area (Å²) in [6.07, 6.45) is 6.52. The van der Waals surface area contributed by atoms with Crippen LogP contribution >= 0.6 is 0 Å². The standard InChI is InChI=1S/C24H18N6O3/c31-24(33-17-18-15-25-29(16-18)20-10-5-2-6-11-20)22(14-21-12-7-13-32-21)30-23(26-27-28-30)19-8-3-1-4-9-19/h1-16H,17H2/b22-14-. The molecule has 0 aliphatic heterocycles. The maximum Gasteiger partial charge on any atom is 0.357 e. The zero-order valence-corrected chi connectivity index (χ0v) is 17.4. The molecule has 0 bridgehead atoms. The summed E-state index contributed by atoms with van der Waals surface area (Å²) in [4.78, 5) is 13.1. The van der Waals surface area contributed by atoms with Crippen LogP contribution in [0, 0.1) is 0 Å². The fourth-order valence-corrected chi connectivity index (χ4v) is 3.21. The summed E-state index contributed by atoms with van der Waals surface area (Å²) in [6, 6.07) is 22.5. The number of furan rings is 1. The molecule has 0 aliphatic rings. The summed E-state index contributed by atoms with van der Waals surface area (Å²) in [5.41, 5.74) is 2.52. The van der Waals surface area contributed by atoms with Crippen LogP contribution in [-0.2, 0) is 16.1 Å². The predicted molar refractivity (Wildman–Crippen MR) is 119 cm³/mol. The van der Waals surface area contributed by atoms with Gasteiger partial charge in [-0.05, 0) is 34.7 Å². The van der Waals surface area contributed by atoms with E-state index in [9.17, 15) is 4.79 Å². The summed E-state index contributed by atoms with van der Waals surface area (Å²) >= 11 is 0. The summed E-state index contributed by atoms with van der Waals surface area (Å²) in [5.74, 6) is 0.263. The fourth-order valence-electron chi connectivity index (χ4n) is 3.21. The number of rotatable bonds is 7. The number of esters is 1. The summed E-state index contributed by atoms with van der Waals surface area (Å²) in [7, 11) is 0. The van der Waals surface area contributed by atoms with E-state index in [2.05, 4.69) is 20.6 Å². The molecule has 0 aliphatic carbocycles. The number of carbonyl (C=O) groups is 1. The normalized spacial score (nSPS) is 11.5. The number of hydrogen-bond acceptors (Lipinski definition) is 7. The highest BCUT2D eigenvalue weighted by Crippen LogP contribution is 2.22. The first-order valence-corrected chi connectivity index (χ1v) is 10.1. The molecular weight excluding hydrogens is 420 g/mol. The number of ether oxygens (including phenoxy) is 1. The van der Waals surface area contributed by atoms with Crippen LogP contribution in [0.5, 0.6) is 0 Å². The van der Waals surface area contributed by atoms with E-state index in [1.165, 1.54) is 10.9 Å². The summed E-state index contributed by atoms with van der Waals surface area (Å²) in [5, 5.41) is 16.2. The van der Waals surface area contributed by atoms with Crippen LogP contribution < -0.4 is 0 Å². The minimum absolute atomic E-state index is 0.0317. The van der Waals surface area contributed by atoms with E-state index in [0.717, 1.165) is 16.8 Å². The lowest BCUT2D eigenvalue weighted by atomic mass is 10.2. The maximum atomic E-state index is 13.1. The van der Waals surface area contributed by atoms with Gasteiger partial charge in [-0.25, -0.2) is 9.48 Å². The molecule has 3 aromatic heterocycles. The molecule has 162 valence electrons. The van der Waals surface area contributed by atoms with Gasteiger partial charge in [0.2, 0.25) is 0 Å². The zero-order chi connectivity index (χ0) is 22.5. The lowest BCUT2D eigenvalue weighted by Crippen LogP contribution is -2.14. The Labute approximate surface area is 188 Å². The van der Waals surface area contributed by atoms with Crippen LogP contribution in [0.25, 0.3) is 28.8 Å². The molecule has 0 saturated heterocycles. The van der Waals surface area contributed by atoms with Crippen LogP contribution in [0.4, 0.5) is 0 Å². The number of benzene rings is 2. The molecule has 3 heterocycles. The molecule has 33 heavy (non-hydrogen) atoms. The van der Waals surface area contributed by atoms with Gasteiger partial charge in [-0.15, -0.1) is 5.10 Å². The highest BCUT2D eigenvalue weighted by molar-refractivity contribution is 6.15. The van der Waals surface area contributed by atoms with E-state index in [1.807, 2.05) is 66.9 Å². The van der Waals surface area contributed by atoms with Crippen molar-refractivity contribution in [3.8, 4) is 17.1 Å². The molecule has 0 atom stereocenters. The predicted octanol–water partition coefficient (Wildman–Crippen LogP) is 3.86. The van der Waals surface area contributed by atoms with Crippen LogP contribution in [0.15, 0.2) is 95.9 Å². The van der Waals surface area contributed by atoms with E-state index in [0.29, 0.717) is 11.6 Å². The van der Waals surface area contributed by atoms with Crippen LogP contribution in [0.1, 0.15) is 11.3 Å². The molecule has 0 unspecified atom stereocenters. The SMILES string of the molecule is O=C(OCc1cnn(-c2ccccc2)c1)/C(=C/c1ccco1)n1nnnc1-c1ccccc1. The minimum Gasteiger partial charge on any atom is -0.465 e. The van der Waals surface area contributed by atoms with Crippen molar-refractivity contribution in [3.05, 3.63) is 103 Å². The smallest absolute Gasteiger partial charge is 0.357 e. The molecule has 9 nitrogen and oxygen atoms in total. The van der Waals surface area contributed by atoms with E-state index < -0.39 is 5.97 Å². The Bertz CT molecular complexity index is 1370. The third-order valence-electron chi connectivity index (χ3n) is 4.79. The van der Waals surface area contributed by atoms with Gasteiger partial charge in [0.1, 0.15) is 12.4 Å². The Morgan fingerprint density at radius 3 is 2.55 bits per heavy atom. The van der Waals surface area contributed by atoms with Crippen molar-refractivity contribution in [1.82, 2.24) is 30.0 Å². The quantitative estimate of drug-likeness (QED) is 0.281. The van der Waals surface area contributed by atoms with Gasteiger partial charge in [0.25, 0.3) is 0 Å². The van der Waals surface area contributed by atoms with Crippen molar-refractivity contribution in [2.75, 3.05) is 0 Å². The lowest BCUT2D eigenvalue weighted by Gasteiger charge is -2.09. The van der Waals surface area contributed by atoms with Gasteiger partial charge >= 0.3 is 5.97 Å². The first kappa shape index (κ1) is 20.1. The number of nitrogens with zero attached hydrogens (tertiary/aromatic N) is 6. The number of hydrogen-bond donors (Lipinski definition) is 0. The minimum atomic E-state index is -0.608. The maximum absolute atomic E-state index is 13.1. The van der Waals surface area contributed by atoms with Gasteiger partial charge < -0.3 is 9.15 Å².